The van der Waals surface area contributed by atoms with Crippen LogP contribution in [-0.2, 0) is 42.7 Å². The molecule has 1 radical (unpaired) electrons. The Morgan fingerprint density at radius 3 is 1.88 bits per heavy atom. The Morgan fingerprint density at radius 2 is 1.50 bits per heavy atom. The van der Waals surface area contributed by atoms with E-state index in [1.807, 2.05) is 24.3 Å². The molecule has 0 amide bonds. The fourth-order valence-corrected chi connectivity index (χ4v) is 5.30. The zero-order valence-electron chi connectivity index (χ0n) is 18.5. The fourth-order valence-electron chi connectivity index (χ4n) is 3.79. The van der Waals surface area contributed by atoms with Gasteiger partial charge in [-0.15, -0.1) is 0 Å². The molecule has 7 heteroatoms. The number of sulfonamides is 1. The molecule has 0 N–H and O–H groups in total. The first-order chi connectivity index (χ1) is 13.1. The molecule has 2 aliphatic rings. The Balaban J connectivity index is -0.000000500. The Morgan fingerprint density at radius 1 is 1.00 bits per heavy atom. The zero-order chi connectivity index (χ0) is 20.9. The average molecular weight is 543 g/mol. The molecule has 1 aromatic carbocycles. The van der Waals surface area contributed by atoms with Gasteiger partial charge in [-0.05, 0) is 76.2 Å². The van der Waals surface area contributed by atoms with E-state index in [1.165, 1.54) is 11.8 Å². The van der Waals surface area contributed by atoms with Crippen LogP contribution >= 0.6 is 0 Å². The molecule has 32 heavy (non-hydrogen) atoms. The number of nitriles is 1. The van der Waals surface area contributed by atoms with Crippen molar-refractivity contribution in [1.29, 1.82) is 5.26 Å². The van der Waals surface area contributed by atoms with Crippen molar-refractivity contribution >= 4 is 10.0 Å². The monoisotopic (exact) mass is 542 g/mol. The molecular formula is C25H47N3O2SY. The molecule has 1 aliphatic heterocycles. The second-order valence-corrected chi connectivity index (χ2v) is 10.5. The molecule has 1 saturated carbocycles. The molecule has 0 bridgehead atoms. The second kappa shape index (κ2) is 16.3. The maximum atomic E-state index is 11.8. The van der Waals surface area contributed by atoms with Crippen LogP contribution in [-0.4, -0.2) is 55.1 Å². The molecule has 0 unspecified atom stereocenters. The van der Waals surface area contributed by atoms with Crippen molar-refractivity contribution in [1.82, 2.24) is 9.21 Å². The number of rotatable bonds is 5. The second-order valence-electron chi connectivity index (χ2n) is 8.58. The van der Waals surface area contributed by atoms with Crippen LogP contribution in [0.2, 0.25) is 0 Å². The van der Waals surface area contributed by atoms with Crippen molar-refractivity contribution in [3.8, 4) is 6.07 Å². The van der Waals surface area contributed by atoms with Crippen molar-refractivity contribution < 1.29 is 41.1 Å². The molecule has 1 aliphatic carbocycles. The van der Waals surface area contributed by atoms with Crippen molar-refractivity contribution in [3.63, 3.8) is 0 Å². The van der Waals surface area contributed by atoms with Crippen LogP contribution in [0.1, 0.15) is 92.7 Å². The number of hydrogen-bond donors (Lipinski definition) is 0. The van der Waals surface area contributed by atoms with E-state index in [1.54, 1.807) is 4.31 Å². The van der Waals surface area contributed by atoms with Crippen molar-refractivity contribution in [3.05, 3.63) is 35.4 Å². The summed E-state index contributed by atoms with van der Waals surface area (Å²) >= 11 is 0. The van der Waals surface area contributed by atoms with Crippen LogP contribution in [0.4, 0.5) is 0 Å². The van der Waals surface area contributed by atoms with E-state index >= 15 is 0 Å². The van der Waals surface area contributed by atoms with Gasteiger partial charge in [-0.2, -0.15) is 9.57 Å². The molecule has 0 aromatic heterocycles. The Labute approximate surface area is 224 Å². The van der Waals surface area contributed by atoms with E-state index in [2.05, 4.69) is 38.7 Å². The molecule has 5 nitrogen and oxygen atoms in total. The van der Waals surface area contributed by atoms with Crippen molar-refractivity contribution in [2.24, 2.45) is 0 Å². The number of hydrogen-bond acceptors (Lipinski definition) is 4. The molecular weight excluding hydrogens is 495 g/mol. The summed E-state index contributed by atoms with van der Waals surface area (Å²) in [5, 5.41) is 8.59. The first-order valence-electron chi connectivity index (χ1n) is 10.4. The van der Waals surface area contributed by atoms with Gasteiger partial charge >= 0.3 is 0 Å². The molecule has 1 saturated heterocycles. The maximum absolute atomic E-state index is 11.8. The van der Waals surface area contributed by atoms with Crippen LogP contribution in [0.3, 0.4) is 0 Å². The zero-order valence-corrected chi connectivity index (χ0v) is 22.2. The summed E-state index contributed by atoms with van der Waals surface area (Å²) in [6, 6.07) is 11.0. The number of benzene rings is 1. The minimum atomic E-state index is -3.02. The van der Waals surface area contributed by atoms with E-state index in [9.17, 15) is 8.42 Å². The number of nitrogens with zero attached hydrogens (tertiary/aromatic N) is 3. The van der Waals surface area contributed by atoms with E-state index in [0.29, 0.717) is 18.0 Å². The topological polar surface area (TPSA) is 64.4 Å². The first-order valence-corrected chi connectivity index (χ1v) is 12.2. The summed E-state index contributed by atoms with van der Waals surface area (Å²) in [6.07, 6.45) is 5.44. The number of likely N-dealkylation sites (tertiary alicyclic amines) is 1. The van der Waals surface area contributed by atoms with Gasteiger partial charge in [0.05, 0.1) is 17.9 Å². The van der Waals surface area contributed by atoms with Crippen LogP contribution in [0.25, 0.3) is 0 Å². The van der Waals surface area contributed by atoms with Gasteiger partial charge in [0.1, 0.15) is 0 Å². The van der Waals surface area contributed by atoms with Crippen LogP contribution in [0.15, 0.2) is 24.3 Å². The predicted octanol–water partition coefficient (Wildman–Crippen LogP) is 5.87. The standard InChI is InChI=1S/C12H24N2O2S.C10H11N.3CH4.Y/c1-10(2)13-8-6-12(7-9-13)14(11-4-5-11)17(3,15)16;1-8(2)10-5-3-4-9(6-10)7-11;;;;/h10-12H,4-9H2,1-3H3;3-6,8H,1-2H3;3*1H4;. The third-order valence-electron chi connectivity index (χ3n) is 5.56. The largest absolute Gasteiger partial charge is 0.301 e. The van der Waals surface area contributed by atoms with Gasteiger partial charge in [0.15, 0.2) is 0 Å². The summed E-state index contributed by atoms with van der Waals surface area (Å²) in [5.74, 6) is 0.503. The minimum Gasteiger partial charge on any atom is -0.301 e. The molecule has 2 fully saturated rings. The van der Waals surface area contributed by atoms with Gasteiger partial charge in [-0.25, -0.2) is 8.42 Å². The molecule has 3 rings (SSSR count). The molecule has 0 atom stereocenters. The van der Waals surface area contributed by atoms with Gasteiger partial charge in [-0.3, -0.25) is 0 Å². The summed E-state index contributed by atoms with van der Waals surface area (Å²) < 4.78 is 25.5. The summed E-state index contributed by atoms with van der Waals surface area (Å²) in [4.78, 5) is 2.43. The Hall–Kier alpha value is -0.316. The third kappa shape index (κ3) is 11.2. The van der Waals surface area contributed by atoms with E-state index in [0.717, 1.165) is 44.3 Å². The van der Waals surface area contributed by atoms with E-state index < -0.39 is 10.0 Å². The van der Waals surface area contributed by atoms with Crippen molar-refractivity contribution in [2.45, 2.75) is 99.7 Å². The van der Waals surface area contributed by atoms with Gasteiger partial charge in [0.25, 0.3) is 0 Å². The molecule has 1 aromatic rings. The van der Waals surface area contributed by atoms with Crippen LogP contribution in [0, 0.1) is 11.3 Å². The minimum absolute atomic E-state index is 0. The smallest absolute Gasteiger partial charge is 0.211 e. The first kappa shape index (κ1) is 36.3. The SMILES string of the molecule is C.C.C.CC(C)N1CCC(N(C2CC2)S(C)(=O)=O)CC1.CC(C)c1cccc(C#N)c1.[Y]. The summed E-state index contributed by atoms with van der Waals surface area (Å²) in [6.45, 7) is 10.7. The Bertz CT molecular complexity index is 779. The Kier molecular flexibility index (Phi) is 18.5. The summed E-state index contributed by atoms with van der Waals surface area (Å²) in [7, 11) is -3.02. The third-order valence-corrected chi connectivity index (χ3v) is 6.92. The molecule has 0 spiro atoms. The molecule has 183 valence electrons. The summed E-state index contributed by atoms with van der Waals surface area (Å²) in [5.41, 5.74) is 1.97. The van der Waals surface area contributed by atoms with E-state index in [-0.39, 0.29) is 61.0 Å². The average Bonchev–Trinajstić information content (AvgIpc) is 3.46. The van der Waals surface area contributed by atoms with Crippen LogP contribution < -0.4 is 0 Å². The predicted molar refractivity (Wildman–Crippen MR) is 135 cm³/mol. The van der Waals surface area contributed by atoms with Crippen LogP contribution in [0.5, 0.6) is 0 Å². The van der Waals surface area contributed by atoms with Crippen molar-refractivity contribution in [2.75, 3.05) is 19.3 Å². The normalized spacial score (nSPS) is 16.5. The van der Waals surface area contributed by atoms with E-state index in [4.69, 9.17) is 5.26 Å². The maximum Gasteiger partial charge on any atom is 0.211 e. The molecule has 1 heterocycles. The van der Waals surface area contributed by atoms with Gasteiger partial charge in [-0.1, -0.05) is 48.3 Å². The van der Waals surface area contributed by atoms with Gasteiger partial charge in [0, 0.05) is 50.8 Å². The number of piperidine rings is 1. The van der Waals surface area contributed by atoms with Gasteiger partial charge < -0.3 is 4.90 Å². The fraction of sp³-hybridized carbons (Fsp3) is 0.720. The quantitative estimate of drug-likeness (QED) is 0.467. The van der Waals surface area contributed by atoms with Gasteiger partial charge in [0.2, 0.25) is 10.0 Å².